The lowest BCUT2D eigenvalue weighted by Gasteiger charge is -2.28. The van der Waals surface area contributed by atoms with Crippen LogP contribution in [-0.2, 0) is 16.1 Å². The van der Waals surface area contributed by atoms with Crippen LogP contribution in [0.5, 0.6) is 5.75 Å². The molecule has 1 atom stereocenters. The summed E-state index contributed by atoms with van der Waals surface area (Å²) in [4.78, 5) is 26.4. The number of nitrogens with zero attached hydrogens (tertiary/aromatic N) is 1. The normalized spacial score (nSPS) is 11.5. The van der Waals surface area contributed by atoms with Crippen molar-refractivity contribution in [1.29, 1.82) is 0 Å². The van der Waals surface area contributed by atoms with Gasteiger partial charge in [0.1, 0.15) is 11.8 Å². The predicted octanol–water partition coefficient (Wildman–Crippen LogP) is 3.30. The number of aryl methyl sites for hydroxylation is 1. The Morgan fingerprint density at radius 2 is 1.81 bits per heavy atom. The van der Waals surface area contributed by atoms with E-state index in [4.69, 9.17) is 4.74 Å². The Morgan fingerprint density at radius 3 is 2.42 bits per heavy atom. The van der Waals surface area contributed by atoms with E-state index in [0.29, 0.717) is 12.3 Å². The topological polar surface area (TPSA) is 58.6 Å². The summed E-state index contributed by atoms with van der Waals surface area (Å²) in [6, 6.07) is 14.6. The minimum absolute atomic E-state index is 0.122. The fourth-order valence-corrected chi connectivity index (χ4v) is 2.78. The molecule has 0 radical (unpaired) electrons. The van der Waals surface area contributed by atoms with Crippen LogP contribution in [0.15, 0.2) is 53.0 Å². The van der Waals surface area contributed by atoms with Crippen LogP contribution in [0.25, 0.3) is 0 Å². The van der Waals surface area contributed by atoms with Crippen molar-refractivity contribution in [1.82, 2.24) is 10.2 Å². The second kappa shape index (κ2) is 9.38. The van der Waals surface area contributed by atoms with Gasteiger partial charge in [-0.15, -0.1) is 0 Å². The number of benzene rings is 2. The molecule has 0 aromatic heterocycles. The van der Waals surface area contributed by atoms with Crippen LogP contribution in [0.1, 0.15) is 18.1 Å². The highest BCUT2D eigenvalue weighted by Crippen LogP contribution is 2.17. The molecule has 0 heterocycles. The van der Waals surface area contributed by atoms with Gasteiger partial charge in [0.15, 0.2) is 6.61 Å². The van der Waals surface area contributed by atoms with Crippen molar-refractivity contribution in [2.75, 3.05) is 13.7 Å². The van der Waals surface area contributed by atoms with Gasteiger partial charge in [0.05, 0.1) is 0 Å². The molecule has 0 aliphatic rings. The number of rotatable bonds is 7. The molecule has 0 saturated carbocycles. The van der Waals surface area contributed by atoms with Crippen LogP contribution in [0, 0.1) is 6.92 Å². The fraction of sp³-hybridized carbons (Fsp3) is 0.300. The third-order valence-corrected chi connectivity index (χ3v) is 4.65. The molecular weight excluding hydrogens is 396 g/mol. The zero-order valence-corrected chi connectivity index (χ0v) is 16.7. The molecule has 1 N–H and O–H groups in total. The third kappa shape index (κ3) is 5.33. The van der Waals surface area contributed by atoms with E-state index in [1.54, 1.807) is 14.0 Å². The molecule has 2 rings (SSSR count). The summed E-state index contributed by atoms with van der Waals surface area (Å²) in [7, 11) is 1.56. The average Bonchev–Trinajstić information content (AvgIpc) is 2.65. The summed E-state index contributed by atoms with van der Waals surface area (Å²) in [5.74, 6) is 0.204. The van der Waals surface area contributed by atoms with Crippen molar-refractivity contribution in [3.63, 3.8) is 0 Å². The number of carbonyl (C=O) groups excluding carboxylic acids is 2. The average molecular weight is 419 g/mol. The van der Waals surface area contributed by atoms with Crippen LogP contribution < -0.4 is 10.1 Å². The van der Waals surface area contributed by atoms with Gasteiger partial charge in [0.2, 0.25) is 5.91 Å². The molecule has 5 nitrogen and oxygen atoms in total. The summed E-state index contributed by atoms with van der Waals surface area (Å²) in [5, 5.41) is 2.60. The van der Waals surface area contributed by atoms with E-state index in [1.165, 1.54) is 4.90 Å². The van der Waals surface area contributed by atoms with Crippen molar-refractivity contribution in [2.45, 2.75) is 26.4 Å². The van der Waals surface area contributed by atoms with Crippen LogP contribution >= 0.6 is 15.9 Å². The minimum Gasteiger partial charge on any atom is -0.484 e. The molecule has 0 unspecified atom stereocenters. The van der Waals surface area contributed by atoms with E-state index in [0.717, 1.165) is 15.6 Å². The van der Waals surface area contributed by atoms with Crippen LogP contribution in [0.4, 0.5) is 0 Å². The van der Waals surface area contributed by atoms with Crippen LogP contribution in [0.3, 0.4) is 0 Å². The van der Waals surface area contributed by atoms with E-state index < -0.39 is 6.04 Å². The van der Waals surface area contributed by atoms with E-state index in [2.05, 4.69) is 21.2 Å². The van der Waals surface area contributed by atoms with Gasteiger partial charge in [0, 0.05) is 18.1 Å². The molecule has 0 aliphatic heterocycles. The lowest BCUT2D eigenvalue weighted by Crippen LogP contribution is -2.48. The monoisotopic (exact) mass is 418 g/mol. The second-order valence-corrected chi connectivity index (χ2v) is 6.91. The highest BCUT2D eigenvalue weighted by molar-refractivity contribution is 9.10. The van der Waals surface area contributed by atoms with Crippen molar-refractivity contribution in [3.05, 3.63) is 64.1 Å². The summed E-state index contributed by atoms with van der Waals surface area (Å²) in [6.07, 6.45) is 0. The third-order valence-electron chi connectivity index (χ3n) is 4.12. The van der Waals surface area contributed by atoms with Crippen molar-refractivity contribution < 1.29 is 14.3 Å². The first-order valence-electron chi connectivity index (χ1n) is 8.36. The first kappa shape index (κ1) is 20.0. The Morgan fingerprint density at radius 1 is 1.15 bits per heavy atom. The maximum absolute atomic E-state index is 12.8. The zero-order chi connectivity index (χ0) is 19.1. The quantitative estimate of drug-likeness (QED) is 0.750. The molecule has 2 aromatic rings. The van der Waals surface area contributed by atoms with Gasteiger partial charge in [-0.25, -0.2) is 0 Å². The van der Waals surface area contributed by atoms with E-state index in [9.17, 15) is 9.59 Å². The first-order valence-corrected chi connectivity index (χ1v) is 9.15. The SMILES string of the molecule is CNC(=O)[C@@H](C)N(Cc1ccc(Br)cc1)C(=O)COc1ccccc1C. The fourth-order valence-electron chi connectivity index (χ4n) is 2.52. The van der Waals surface area contributed by atoms with E-state index >= 15 is 0 Å². The lowest BCUT2D eigenvalue weighted by atomic mass is 10.1. The van der Waals surface area contributed by atoms with Crippen molar-refractivity contribution in [2.24, 2.45) is 0 Å². The summed E-state index contributed by atoms with van der Waals surface area (Å²) < 4.78 is 6.63. The van der Waals surface area contributed by atoms with Gasteiger partial charge >= 0.3 is 0 Å². The first-order chi connectivity index (χ1) is 12.4. The van der Waals surface area contributed by atoms with Crippen LogP contribution in [-0.4, -0.2) is 36.4 Å². The molecule has 6 heteroatoms. The number of amides is 2. The van der Waals surface area contributed by atoms with Gasteiger partial charge in [-0.3, -0.25) is 9.59 Å². The van der Waals surface area contributed by atoms with E-state index in [-0.39, 0.29) is 18.4 Å². The summed E-state index contributed by atoms with van der Waals surface area (Å²) in [5.41, 5.74) is 1.90. The lowest BCUT2D eigenvalue weighted by molar-refractivity contribution is -0.142. The minimum atomic E-state index is -0.600. The Labute approximate surface area is 162 Å². The summed E-state index contributed by atoms with van der Waals surface area (Å²) in [6.45, 7) is 3.84. The largest absolute Gasteiger partial charge is 0.484 e. The van der Waals surface area contributed by atoms with E-state index in [1.807, 2.05) is 55.5 Å². The Hall–Kier alpha value is -2.34. The molecule has 26 heavy (non-hydrogen) atoms. The molecule has 0 saturated heterocycles. The smallest absolute Gasteiger partial charge is 0.261 e. The molecule has 138 valence electrons. The predicted molar refractivity (Wildman–Crippen MR) is 105 cm³/mol. The maximum Gasteiger partial charge on any atom is 0.261 e. The highest BCUT2D eigenvalue weighted by atomic mass is 79.9. The standard InChI is InChI=1S/C20H23BrN2O3/c1-14-6-4-5-7-18(14)26-13-19(24)23(15(2)20(25)22-3)12-16-8-10-17(21)11-9-16/h4-11,15H,12-13H2,1-3H3,(H,22,25)/t15-/m1/s1. The number of hydrogen-bond donors (Lipinski definition) is 1. The second-order valence-electron chi connectivity index (χ2n) is 5.99. The number of likely N-dealkylation sites (N-methyl/N-ethyl adjacent to an activating group) is 1. The number of hydrogen-bond acceptors (Lipinski definition) is 3. The van der Waals surface area contributed by atoms with Gasteiger partial charge in [-0.1, -0.05) is 46.3 Å². The Balaban J connectivity index is 2.13. The number of ether oxygens (including phenoxy) is 1. The summed E-state index contributed by atoms with van der Waals surface area (Å²) >= 11 is 3.40. The van der Waals surface area contributed by atoms with Gasteiger partial charge in [0.25, 0.3) is 5.91 Å². The van der Waals surface area contributed by atoms with Crippen molar-refractivity contribution in [3.8, 4) is 5.75 Å². The molecule has 0 bridgehead atoms. The van der Waals surface area contributed by atoms with Gasteiger partial charge in [-0.05, 0) is 43.2 Å². The highest BCUT2D eigenvalue weighted by Gasteiger charge is 2.25. The Kier molecular flexibility index (Phi) is 7.21. The molecule has 2 amide bonds. The number of nitrogens with one attached hydrogen (secondary N) is 1. The molecule has 0 spiro atoms. The number of halogens is 1. The van der Waals surface area contributed by atoms with Crippen LogP contribution in [0.2, 0.25) is 0 Å². The van der Waals surface area contributed by atoms with Gasteiger partial charge in [-0.2, -0.15) is 0 Å². The zero-order valence-electron chi connectivity index (χ0n) is 15.2. The van der Waals surface area contributed by atoms with Gasteiger partial charge < -0.3 is 15.0 Å². The number of carbonyl (C=O) groups is 2. The van der Waals surface area contributed by atoms with Crippen molar-refractivity contribution >= 4 is 27.7 Å². The molecular formula is C20H23BrN2O3. The number of para-hydroxylation sites is 1. The Bertz CT molecular complexity index is 762. The molecule has 2 aromatic carbocycles. The molecule has 0 fully saturated rings. The maximum atomic E-state index is 12.8. The molecule has 0 aliphatic carbocycles.